The Hall–Kier alpha value is -1.47. The van der Waals surface area contributed by atoms with Gasteiger partial charge in [0.05, 0.1) is 29.3 Å². The van der Waals surface area contributed by atoms with Crippen LogP contribution in [0.3, 0.4) is 0 Å². The van der Waals surface area contributed by atoms with Gasteiger partial charge in [-0.3, -0.25) is 9.59 Å². The first-order valence-electron chi connectivity index (χ1n) is 8.11. The van der Waals surface area contributed by atoms with Gasteiger partial charge < -0.3 is 15.0 Å². The molecule has 6 nitrogen and oxygen atoms in total. The number of aryl methyl sites for hydroxylation is 1. The normalized spacial score (nSPS) is 21.3. The number of hydrogen-bond donors (Lipinski definition) is 1. The molecule has 0 aliphatic carbocycles. The van der Waals surface area contributed by atoms with E-state index in [1.54, 1.807) is 11.3 Å². The molecule has 0 radical (unpaired) electrons. The lowest BCUT2D eigenvalue weighted by atomic mass is 10.2. The van der Waals surface area contributed by atoms with E-state index < -0.39 is 0 Å². The molecule has 128 valence electrons. The summed E-state index contributed by atoms with van der Waals surface area (Å²) >= 11 is 1.58. The molecular weight excluding hydrogens is 314 g/mol. The molecule has 23 heavy (non-hydrogen) atoms. The maximum absolute atomic E-state index is 12.2. The van der Waals surface area contributed by atoms with Crippen molar-refractivity contribution < 1.29 is 14.3 Å². The Bertz CT molecular complexity index is 536. The Morgan fingerprint density at radius 2 is 2.09 bits per heavy atom. The number of nitrogens with zero attached hydrogens (tertiary/aromatic N) is 2. The fourth-order valence-corrected chi connectivity index (χ4v) is 3.41. The van der Waals surface area contributed by atoms with Crippen molar-refractivity contribution in [3.63, 3.8) is 0 Å². The zero-order valence-corrected chi connectivity index (χ0v) is 14.8. The first-order chi connectivity index (χ1) is 11.0. The van der Waals surface area contributed by atoms with Crippen molar-refractivity contribution in [1.29, 1.82) is 0 Å². The quantitative estimate of drug-likeness (QED) is 0.850. The van der Waals surface area contributed by atoms with E-state index in [1.807, 2.05) is 31.1 Å². The van der Waals surface area contributed by atoms with E-state index in [9.17, 15) is 9.59 Å². The third-order valence-corrected chi connectivity index (χ3v) is 4.72. The van der Waals surface area contributed by atoms with Gasteiger partial charge in [-0.25, -0.2) is 4.98 Å². The van der Waals surface area contributed by atoms with Crippen molar-refractivity contribution in [2.75, 3.05) is 19.6 Å². The second kappa shape index (κ2) is 8.40. The van der Waals surface area contributed by atoms with Gasteiger partial charge in [0.25, 0.3) is 0 Å². The van der Waals surface area contributed by atoms with Crippen LogP contribution in [-0.4, -0.2) is 53.5 Å². The summed E-state index contributed by atoms with van der Waals surface area (Å²) in [4.78, 5) is 30.2. The van der Waals surface area contributed by atoms with Crippen LogP contribution in [0.2, 0.25) is 0 Å². The minimum atomic E-state index is -0.0885. The Morgan fingerprint density at radius 3 is 2.70 bits per heavy atom. The van der Waals surface area contributed by atoms with Crippen molar-refractivity contribution in [1.82, 2.24) is 15.2 Å². The molecular formula is C16H25N3O3S. The molecule has 1 saturated heterocycles. The van der Waals surface area contributed by atoms with Crippen molar-refractivity contribution in [3.8, 4) is 0 Å². The predicted octanol–water partition coefficient (Wildman–Crippen LogP) is 1.39. The van der Waals surface area contributed by atoms with E-state index in [0.29, 0.717) is 26.1 Å². The third-order valence-electron chi connectivity index (χ3n) is 3.68. The summed E-state index contributed by atoms with van der Waals surface area (Å²) < 4.78 is 5.62. The molecule has 1 aliphatic rings. The second-order valence-corrected chi connectivity index (χ2v) is 6.86. The van der Waals surface area contributed by atoms with E-state index in [-0.39, 0.29) is 30.4 Å². The Kier molecular flexibility index (Phi) is 6.53. The summed E-state index contributed by atoms with van der Waals surface area (Å²) in [5.41, 5.74) is 0.798. The maximum atomic E-state index is 12.2. The number of rotatable bonds is 6. The van der Waals surface area contributed by atoms with E-state index in [4.69, 9.17) is 4.74 Å². The highest BCUT2D eigenvalue weighted by atomic mass is 32.1. The fraction of sp³-hybridized carbons (Fsp3) is 0.688. The fourth-order valence-electron chi connectivity index (χ4n) is 2.67. The number of morpholine rings is 1. The molecule has 1 aromatic rings. The standard InChI is InChI=1S/C16H25N3O3S/c1-4-15-18-13(10-23-15)7-14(20)17-6-5-16(21)19-8-11(2)22-12(3)9-19/h10-12H,4-9H2,1-3H3,(H,17,20)/t11-,12+. The number of aromatic nitrogens is 1. The van der Waals surface area contributed by atoms with Crippen molar-refractivity contribution in [2.24, 2.45) is 0 Å². The molecule has 0 bridgehead atoms. The lowest BCUT2D eigenvalue weighted by Gasteiger charge is -2.35. The highest BCUT2D eigenvalue weighted by Crippen LogP contribution is 2.12. The van der Waals surface area contributed by atoms with Crippen LogP contribution in [0.25, 0.3) is 0 Å². The Balaban J connectivity index is 1.69. The molecule has 0 saturated carbocycles. The molecule has 0 unspecified atom stereocenters. The summed E-state index contributed by atoms with van der Waals surface area (Å²) in [7, 11) is 0. The van der Waals surface area contributed by atoms with E-state index in [1.165, 1.54) is 0 Å². The molecule has 2 amide bonds. The topological polar surface area (TPSA) is 71.5 Å². The van der Waals surface area contributed by atoms with Crippen LogP contribution in [0.15, 0.2) is 5.38 Å². The highest BCUT2D eigenvalue weighted by molar-refractivity contribution is 7.09. The molecule has 0 aromatic carbocycles. The molecule has 7 heteroatoms. The number of hydrogen-bond acceptors (Lipinski definition) is 5. The number of amides is 2. The molecule has 1 aliphatic heterocycles. The summed E-state index contributed by atoms with van der Waals surface area (Å²) in [6, 6.07) is 0. The summed E-state index contributed by atoms with van der Waals surface area (Å²) in [6.07, 6.45) is 1.61. The lowest BCUT2D eigenvalue weighted by Crippen LogP contribution is -2.48. The van der Waals surface area contributed by atoms with Gasteiger partial charge in [0.15, 0.2) is 0 Å². The van der Waals surface area contributed by atoms with Gasteiger partial charge in [0, 0.05) is 31.4 Å². The second-order valence-electron chi connectivity index (χ2n) is 5.92. The van der Waals surface area contributed by atoms with Crippen molar-refractivity contribution in [2.45, 2.75) is 52.2 Å². The van der Waals surface area contributed by atoms with Gasteiger partial charge in [-0.2, -0.15) is 0 Å². The summed E-state index contributed by atoms with van der Waals surface area (Å²) in [5, 5.41) is 5.75. The molecule has 1 aromatic heterocycles. The average molecular weight is 339 g/mol. The molecule has 2 rings (SSSR count). The molecule has 2 heterocycles. The smallest absolute Gasteiger partial charge is 0.226 e. The van der Waals surface area contributed by atoms with Crippen LogP contribution in [0, 0.1) is 0 Å². The first kappa shape index (κ1) is 17.9. The minimum absolute atomic E-state index is 0.0641. The van der Waals surface area contributed by atoms with E-state index in [0.717, 1.165) is 17.1 Å². The number of carbonyl (C=O) groups excluding carboxylic acids is 2. The van der Waals surface area contributed by atoms with Gasteiger partial charge in [-0.15, -0.1) is 11.3 Å². The van der Waals surface area contributed by atoms with E-state index in [2.05, 4.69) is 10.3 Å². The lowest BCUT2D eigenvalue weighted by molar-refractivity contribution is -0.143. The van der Waals surface area contributed by atoms with Gasteiger partial charge in [0.2, 0.25) is 11.8 Å². The van der Waals surface area contributed by atoms with Gasteiger partial charge in [0.1, 0.15) is 0 Å². The van der Waals surface area contributed by atoms with Crippen LogP contribution in [0.5, 0.6) is 0 Å². The zero-order chi connectivity index (χ0) is 16.8. The largest absolute Gasteiger partial charge is 0.372 e. The monoisotopic (exact) mass is 339 g/mol. The van der Waals surface area contributed by atoms with Crippen molar-refractivity contribution >= 4 is 23.2 Å². The number of thiazole rings is 1. The van der Waals surface area contributed by atoms with Crippen LogP contribution in [-0.2, 0) is 27.2 Å². The molecule has 1 N–H and O–H groups in total. The number of carbonyl (C=O) groups is 2. The van der Waals surface area contributed by atoms with Gasteiger partial charge in [-0.05, 0) is 20.3 Å². The number of nitrogens with one attached hydrogen (secondary N) is 1. The molecule has 2 atom stereocenters. The number of ether oxygens (including phenoxy) is 1. The molecule has 0 spiro atoms. The zero-order valence-electron chi connectivity index (χ0n) is 14.0. The third kappa shape index (κ3) is 5.58. The van der Waals surface area contributed by atoms with Crippen LogP contribution < -0.4 is 5.32 Å². The van der Waals surface area contributed by atoms with Crippen molar-refractivity contribution in [3.05, 3.63) is 16.1 Å². The average Bonchev–Trinajstić information content (AvgIpc) is 2.93. The predicted molar refractivity (Wildman–Crippen MR) is 89.4 cm³/mol. The Morgan fingerprint density at radius 1 is 1.39 bits per heavy atom. The van der Waals surface area contributed by atoms with E-state index >= 15 is 0 Å². The molecule has 1 fully saturated rings. The van der Waals surface area contributed by atoms with Gasteiger partial charge >= 0.3 is 0 Å². The highest BCUT2D eigenvalue weighted by Gasteiger charge is 2.25. The first-order valence-corrected chi connectivity index (χ1v) is 8.99. The minimum Gasteiger partial charge on any atom is -0.372 e. The van der Waals surface area contributed by atoms with Crippen LogP contribution in [0.4, 0.5) is 0 Å². The summed E-state index contributed by atoms with van der Waals surface area (Å²) in [5.74, 6) is -0.0244. The SMILES string of the molecule is CCc1nc(CC(=O)NCCC(=O)N2C[C@@H](C)O[C@@H](C)C2)cs1. The Labute approximate surface area is 141 Å². The summed E-state index contributed by atoms with van der Waals surface area (Å²) in [6.45, 7) is 7.59. The van der Waals surface area contributed by atoms with Gasteiger partial charge in [-0.1, -0.05) is 6.92 Å². The maximum Gasteiger partial charge on any atom is 0.226 e. The van der Waals surface area contributed by atoms with Crippen LogP contribution >= 0.6 is 11.3 Å². The van der Waals surface area contributed by atoms with Crippen LogP contribution in [0.1, 0.15) is 37.9 Å².